The first kappa shape index (κ1) is 12.0. The fourth-order valence-corrected chi connectivity index (χ4v) is 4.01. The van der Waals surface area contributed by atoms with Crippen LogP contribution in [0.5, 0.6) is 5.75 Å². The predicted octanol–water partition coefficient (Wildman–Crippen LogP) is 1.41. The Hall–Kier alpha value is -1.75. The van der Waals surface area contributed by atoms with Crippen LogP contribution in [-0.4, -0.2) is 46.9 Å². The highest BCUT2D eigenvalue weighted by Gasteiger charge is 2.48. The van der Waals surface area contributed by atoms with Crippen molar-refractivity contribution in [1.82, 2.24) is 9.91 Å². The summed E-state index contributed by atoms with van der Waals surface area (Å²) >= 11 is 0. The van der Waals surface area contributed by atoms with E-state index < -0.39 is 0 Å². The summed E-state index contributed by atoms with van der Waals surface area (Å²) in [4.78, 5) is 2.55. The fourth-order valence-electron chi connectivity index (χ4n) is 4.01. The highest BCUT2D eigenvalue weighted by molar-refractivity contribution is 5.95. The van der Waals surface area contributed by atoms with E-state index in [9.17, 15) is 5.11 Å². The Morgan fingerprint density at radius 2 is 2.00 bits per heavy atom. The zero-order valence-electron chi connectivity index (χ0n) is 11.7. The lowest BCUT2D eigenvalue weighted by molar-refractivity contribution is 0.107. The normalized spacial score (nSPS) is 35.0. The van der Waals surface area contributed by atoms with Gasteiger partial charge in [0.2, 0.25) is 0 Å². The summed E-state index contributed by atoms with van der Waals surface area (Å²) < 4.78 is 0. The maximum Gasteiger partial charge on any atom is 0.138 e. The number of fused-ring (bicyclic) bond motifs is 2. The Kier molecular flexibility index (Phi) is 2.48. The van der Waals surface area contributed by atoms with Crippen LogP contribution in [0.25, 0.3) is 0 Å². The molecule has 5 heteroatoms. The second-order valence-electron chi connectivity index (χ2n) is 6.12. The summed E-state index contributed by atoms with van der Waals surface area (Å²) in [5.41, 5.74) is 8.79. The van der Waals surface area contributed by atoms with E-state index in [4.69, 9.17) is 10.8 Å². The van der Waals surface area contributed by atoms with Crippen molar-refractivity contribution in [3.05, 3.63) is 23.8 Å². The van der Waals surface area contributed by atoms with E-state index in [1.165, 1.54) is 31.6 Å². The van der Waals surface area contributed by atoms with E-state index in [0.717, 1.165) is 5.56 Å². The van der Waals surface area contributed by atoms with Crippen molar-refractivity contribution in [3.63, 3.8) is 0 Å². The van der Waals surface area contributed by atoms with Gasteiger partial charge in [0, 0.05) is 13.0 Å². The fraction of sp³-hybridized carbons (Fsp3) is 0.533. The third-order valence-corrected chi connectivity index (χ3v) is 5.01. The van der Waals surface area contributed by atoms with Gasteiger partial charge in [-0.2, -0.15) is 5.10 Å². The molecule has 2 unspecified atom stereocenters. The molecule has 3 N–H and O–H groups in total. The molecule has 0 spiro atoms. The van der Waals surface area contributed by atoms with E-state index in [-0.39, 0.29) is 11.8 Å². The molecule has 0 saturated carbocycles. The third-order valence-electron chi connectivity index (χ3n) is 5.01. The quantitative estimate of drug-likeness (QED) is 0.599. The van der Waals surface area contributed by atoms with Gasteiger partial charge in [0.25, 0.3) is 0 Å². The lowest BCUT2D eigenvalue weighted by atomic mass is 9.78. The van der Waals surface area contributed by atoms with E-state index in [1.807, 2.05) is 19.2 Å². The number of phenolic OH excluding ortho intramolecular Hbond substituents is 1. The van der Waals surface area contributed by atoms with Crippen molar-refractivity contribution in [2.75, 3.05) is 25.9 Å². The third kappa shape index (κ3) is 1.56. The second kappa shape index (κ2) is 4.12. The molecule has 3 saturated heterocycles. The number of phenols is 1. The van der Waals surface area contributed by atoms with E-state index in [0.29, 0.717) is 17.6 Å². The highest BCUT2D eigenvalue weighted by Crippen LogP contribution is 2.43. The van der Waals surface area contributed by atoms with Crippen LogP contribution in [0.4, 0.5) is 5.69 Å². The summed E-state index contributed by atoms with van der Waals surface area (Å²) in [6.45, 7) is 2.35. The Labute approximate surface area is 118 Å². The molecule has 2 atom stereocenters. The number of hydrazone groups is 1. The largest absolute Gasteiger partial charge is 0.506 e. The van der Waals surface area contributed by atoms with Crippen molar-refractivity contribution in [1.29, 1.82) is 0 Å². The van der Waals surface area contributed by atoms with Crippen LogP contribution in [-0.2, 0) is 0 Å². The molecule has 4 heterocycles. The number of nitrogens with two attached hydrogens (primary N) is 1. The topological polar surface area (TPSA) is 65.1 Å². The SMILES string of the molecule is CN1N=C2C3CCN(CC3)C2C1c1ccc(O)c(N)c1. The number of aromatic hydroxyl groups is 1. The van der Waals surface area contributed by atoms with Crippen molar-refractivity contribution in [2.45, 2.75) is 24.9 Å². The first-order valence-corrected chi connectivity index (χ1v) is 7.29. The van der Waals surface area contributed by atoms with Crippen molar-refractivity contribution >= 4 is 11.4 Å². The summed E-state index contributed by atoms with van der Waals surface area (Å²) in [7, 11) is 2.04. The van der Waals surface area contributed by atoms with E-state index in [2.05, 4.69) is 9.91 Å². The molecule has 1 aromatic carbocycles. The predicted molar refractivity (Wildman–Crippen MR) is 78.5 cm³/mol. The maximum absolute atomic E-state index is 9.61. The van der Waals surface area contributed by atoms with Crippen LogP contribution in [0.15, 0.2) is 23.3 Å². The highest BCUT2D eigenvalue weighted by atomic mass is 16.3. The molecule has 106 valence electrons. The molecule has 4 aliphatic rings. The zero-order chi connectivity index (χ0) is 13.9. The number of nitrogens with zero attached hydrogens (tertiary/aromatic N) is 3. The smallest absolute Gasteiger partial charge is 0.138 e. The minimum atomic E-state index is 0.154. The zero-order valence-corrected chi connectivity index (χ0v) is 11.7. The van der Waals surface area contributed by atoms with Crippen LogP contribution in [0, 0.1) is 5.92 Å². The molecular formula is C15H20N4O. The van der Waals surface area contributed by atoms with Gasteiger partial charge in [-0.1, -0.05) is 6.07 Å². The van der Waals surface area contributed by atoms with Gasteiger partial charge >= 0.3 is 0 Å². The van der Waals surface area contributed by atoms with Crippen LogP contribution in [0.3, 0.4) is 0 Å². The molecule has 0 radical (unpaired) electrons. The van der Waals surface area contributed by atoms with Crippen molar-refractivity contribution < 1.29 is 5.11 Å². The number of anilines is 1. The lowest BCUT2D eigenvalue weighted by Crippen LogP contribution is -2.56. The molecule has 3 fully saturated rings. The van der Waals surface area contributed by atoms with Gasteiger partial charge in [-0.05, 0) is 43.6 Å². The summed E-state index contributed by atoms with van der Waals surface area (Å²) in [5.74, 6) is 0.813. The average Bonchev–Trinajstić information content (AvgIpc) is 2.82. The van der Waals surface area contributed by atoms with Crippen LogP contribution in [0.1, 0.15) is 24.4 Å². The number of likely N-dealkylation sites (N-methyl/N-ethyl adjacent to an activating group) is 1. The van der Waals surface area contributed by atoms with Crippen molar-refractivity contribution in [3.8, 4) is 5.75 Å². The Morgan fingerprint density at radius 1 is 1.25 bits per heavy atom. The van der Waals surface area contributed by atoms with E-state index >= 15 is 0 Å². The molecule has 4 aliphatic heterocycles. The van der Waals surface area contributed by atoms with Crippen LogP contribution < -0.4 is 5.73 Å². The van der Waals surface area contributed by atoms with Gasteiger partial charge in [0.15, 0.2) is 0 Å². The summed E-state index contributed by atoms with van der Waals surface area (Å²) in [5, 5.41) is 16.5. The number of hydrogen-bond acceptors (Lipinski definition) is 5. The number of hydrogen-bond donors (Lipinski definition) is 2. The summed E-state index contributed by atoms with van der Waals surface area (Å²) in [6.07, 6.45) is 2.49. The second-order valence-corrected chi connectivity index (χ2v) is 6.12. The standard InChI is InChI=1S/C15H20N4O/c1-18-14(10-2-3-12(20)11(16)8-10)15-13(17-18)9-4-6-19(15)7-5-9/h2-3,8-9,14-15,20H,4-7,16H2,1H3. The molecule has 2 bridgehead atoms. The molecule has 5 rings (SSSR count). The monoisotopic (exact) mass is 272 g/mol. The van der Waals surface area contributed by atoms with Crippen molar-refractivity contribution in [2.24, 2.45) is 11.0 Å². The van der Waals surface area contributed by atoms with E-state index in [1.54, 1.807) is 6.07 Å². The van der Waals surface area contributed by atoms with Gasteiger partial charge < -0.3 is 10.8 Å². The van der Waals surface area contributed by atoms with Gasteiger partial charge in [0.1, 0.15) is 5.75 Å². The lowest BCUT2D eigenvalue weighted by Gasteiger charge is -2.46. The van der Waals surface area contributed by atoms with Gasteiger partial charge in [-0.25, -0.2) is 0 Å². The maximum atomic E-state index is 9.61. The summed E-state index contributed by atoms with van der Waals surface area (Å²) in [6, 6.07) is 6.15. The number of rotatable bonds is 1. The van der Waals surface area contributed by atoms with Gasteiger partial charge in [-0.3, -0.25) is 9.91 Å². The molecule has 20 heavy (non-hydrogen) atoms. The first-order valence-electron chi connectivity index (χ1n) is 7.29. The number of piperidine rings is 3. The minimum Gasteiger partial charge on any atom is -0.506 e. The molecule has 0 aliphatic carbocycles. The minimum absolute atomic E-state index is 0.154. The number of nitrogen functional groups attached to an aromatic ring is 1. The molecule has 0 amide bonds. The Bertz CT molecular complexity index is 577. The first-order chi connectivity index (χ1) is 9.65. The average molecular weight is 272 g/mol. The molecule has 0 aromatic heterocycles. The molecular weight excluding hydrogens is 252 g/mol. The molecule has 1 aromatic rings. The van der Waals surface area contributed by atoms with Crippen LogP contribution in [0.2, 0.25) is 0 Å². The molecule has 5 nitrogen and oxygen atoms in total. The Morgan fingerprint density at radius 3 is 2.70 bits per heavy atom. The van der Waals surface area contributed by atoms with Gasteiger partial charge in [0.05, 0.1) is 23.5 Å². The van der Waals surface area contributed by atoms with Gasteiger partial charge in [-0.15, -0.1) is 0 Å². The Balaban J connectivity index is 1.74. The number of benzene rings is 1. The van der Waals surface area contributed by atoms with Crippen LogP contribution >= 0.6 is 0 Å².